The highest BCUT2D eigenvalue weighted by Gasteiger charge is 2.19. The standard InChI is InChI=1S/C17H13N5O4/c18-16(23)11-1-4-13(5-2-11)20-17(24)12-3-6-14(15(9-12)22(25)26)21-8-7-19-10-21/h1-10H,(H2,18,23)(H,20,24). The van der Waals surface area contributed by atoms with Crippen LogP contribution in [0.25, 0.3) is 5.69 Å². The number of carbonyl (C=O) groups excluding carboxylic acids is 2. The molecule has 0 radical (unpaired) electrons. The molecule has 0 bridgehead atoms. The van der Waals surface area contributed by atoms with E-state index in [9.17, 15) is 19.7 Å². The molecule has 0 fully saturated rings. The normalized spacial score (nSPS) is 10.3. The van der Waals surface area contributed by atoms with Crippen molar-refractivity contribution < 1.29 is 14.5 Å². The number of amides is 2. The van der Waals surface area contributed by atoms with E-state index in [-0.39, 0.29) is 11.3 Å². The molecular formula is C17H13N5O4. The van der Waals surface area contributed by atoms with E-state index in [1.54, 1.807) is 6.20 Å². The van der Waals surface area contributed by atoms with Crippen molar-refractivity contribution in [2.24, 2.45) is 5.73 Å². The zero-order valence-corrected chi connectivity index (χ0v) is 13.3. The molecule has 3 rings (SSSR count). The summed E-state index contributed by atoms with van der Waals surface area (Å²) in [5.41, 5.74) is 6.10. The smallest absolute Gasteiger partial charge is 0.294 e. The number of hydrogen-bond donors (Lipinski definition) is 2. The molecule has 0 saturated carbocycles. The number of benzene rings is 2. The maximum Gasteiger partial charge on any atom is 0.294 e. The summed E-state index contributed by atoms with van der Waals surface area (Å²) in [6.07, 6.45) is 4.50. The summed E-state index contributed by atoms with van der Waals surface area (Å²) >= 11 is 0. The Kier molecular flexibility index (Phi) is 4.44. The Labute approximate surface area is 147 Å². The molecule has 26 heavy (non-hydrogen) atoms. The molecule has 9 heteroatoms. The average Bonchev–Trinajstić information content (AvgIpc) is 3.16. The molecule has 0 atom stereocenters. The van der Waals surface area contributed by atoms with Crippen LogP contribution in [0.2, 0.25) is 0 Å². The molecule has 0 spiro atoms. The summed E-state index contributed by atoms with van der Waals surface area (Å²) < 4.78 is 1.49. The summed E-state index contributed by atoms with van der Waals surface area (Å²) in [6, 6.07) is 10.1. The fourth-order valence-corrected chi connectivity index (χ4v) is 2.35. The molecule has 0 aliphatic rings. The molecule has 9 nitrogen and oxygen atoms in total. The van der Waals surface area contributed by atoms with E-state index in [2.05, 4.69) is 10.3 Å². The Balaban J connectivity index is 1.86. The predicted octanol–water partition coefficient (Wildman–Crippen LogP) is 2.13. The van der Waals surface area contributed by atoms with Crippen LogP contribution in [-0.4, -0.2) is 26.3 Å². The van der Waals surface area contributed by atoms with Crippen molar-refractivity contribution in [2.75, 3.05) is 5.32 Å². The molecule has 1 aromatic heterocycles. The van der Waals surface area contributed by atoms with E-state index in [0.29, 0.717) is 16.9 Å². The van der Waals surface area contributed by atoms with Crippen molar-refractivity contribution in [1.82, 2.24) is 9.55 Å². The lowest BCUT2D eigenvalue weighted by Gasteiger charge is -2.08. The molecule has 3 aromatic rings. The Hall–Kier alpha value is -4.01. The molecule has 2 aromatic carbocycles. The average molecular weight is 351 g/mol. The molecular weight excluding hydrogens is 338 g/mol. The van der Waals surface area contributed by atoms with Crippen LogP contribution in [0, 0.1) is 10.1 Å². The van der Waals surface area contributed by atoms with Gasteiger partial charge in [-0.1, -0.05) is 0 Å². The highest BCUT2D eigenvalue weighted by Crippen LogP contribution is 2.24. The molecule has 0 aliphatic carbocycles. The van der Waals surface area contributed by atoms with E-state index in [1.165, 1.54) is 59.6 Å². The predicted molar refractivity (Wildman–Crippen MR) is 93.1 cm³/mol. The van der Waals surface area contributed by atoms with Gasteiger partial charge >= 0.3 is 0 Å². The Morgan fingerprint density at radius 1 is 1.12 bits per heavy atom. The van der Waals surface area contributed by atoms with E-state index in [4.69, 9.17) is 5.73 Å². The topological polar surface area (TPSA) is 133 Å². The number of nitrogens with one attached hydrogen (secondary N) is 1. The van der Waals surface area contributed by atoms with Crippen LogP contribution >= 0.6 is 0 Å². The fraction of sp³-hybridized carbons (Fsp3) is 0. The molecule has 0 saturated heterocycles. The van der Waals surface area contributed by atoms with Gasteiger partial charge in [0.05, 0.1) is 11.3 Å². The molecule has 0 aliphatic heterocycles. The third-order valence-corrected chi connectivity index (χ3v) is 3.64. The first-order valence-electron chi connectivity index (χ1n) is 7.43. The number of primary amides is 1. The number of hydrogen-bond acceptors (Lipinski definition) is 5. The summed E-state index contributed by atoms with van der Waals surface area (Å²) in [4.78, 5) is 38.1. The van der Waals surface area contributed by atoms with Gasteiger partial charge in [0.25, 0.3) is 11.6 Å². The van der Waals surface area contributed by atoms with Gasteiger partial charge in [-0.05, 0) is 36.4 Å². The van der Waals surface area contributed by atoms with Gasteiger partial charge in [0, 0.05) is 35.3 Å². The van der Waals surface area contributed by atoms with Gasteiger partial charge in [-0.2, -0.15) is 0 Å². The molecule has 3 N–H and O–H groups in total. The van der Waals surface area contributed by atoms with Gasteiger partial charge < -0.3 is 15.6 Å². The van der Waals surface area contributed by atoms with Crippen LogP contribution in [0.3, 0.4) is 0 Å². The van der Waals surface area contributed by atoms with E-state index in [0.717, 1.165) is 0 Å². The largest absolute Gasteiger partial charge is 0.366 e. The molecule has 1 heterocycles. The quantitative estimate of drug-likeness (QED) is 0.536. The van der Waals surface area contributed by atoms with Gasteiger partial charge in [0.15, 0.2) is 0 Å². The Bertz CT molecular complexity index is 981. The Morgan fingerprint density at radius 2 is 1.81 bits per heavy atom. The minimum absolute atomic E-state index is 0.125. The number of rotatable bonds is 5. The maximum absolute atomic E-state index is 12.4. The zero-order valence-electron chi connectivity index (χ0n) is 13.3. The van der Waals surface area contributed by atoms with E-state index < -0.39 is 16.7 Å². The third-order valence-electron chi connectivity index (χ3n) is 3.64. The maximum atomic E-state index is 12.4. The lowest BCUT2D eigenvalue weighted by Crippen LogP contribution is -2.14. The number of anilines is 1. The SMILES string of the molecule is NC(=O)c1ccc(NC(=O)c2ccc(-n3ccnc3)c([N+](=O)[O-])c2)cc1. The highest BCUT2D eigenvalue weighted by atomic mass is 16.6. The van der Waals surface area contributed by atoms with Crippen molar-refractivity contribution in [1.29, 1.82) is 0 Å². The summed E-state index contributed by atoms with van der Waals surface area (Å²) in [5.74, 6) is -1.09. The van der Waals surface area contributed by atoms with Crippen molar-refractivity contribution in [3.8, 4) is 5.69 Å². The van der Waals surface area contributed by atoms with Gasteiger partial charge in [-0.3, -0.25) is 19.7 Å². The van der Waals surface area contributed by atoms with Crippen LogP contribution in [0.15, 0.2) is 61.2 Å². The van der Waals surface area contributed by atoms with Crippen LogP contribution in [0.5, 0.6) is 0 Å². The first-order valence-corrected chi connectivity index (χ1v) is 7.43. The number of nitro benzene ring substituents is 1. The van der Waals surface area contributed by atoms with Crippen LogP contribution in [0.4, 0.5) is 11.4 Å². The summed E-state index contributed by atoms with van der Waals surface area (Å²) in [7, 11) is 0. The van der Waals surface area contributed by atoms with Gasteiger partial charge in [-0.25, -0.2) is 4.98 Å². The lowest BCUT2D eigenvalue weighted by molar-refractivity contribution is -0.384. The Morgan fingerprint density at radius 3 is 2.38 bits per heavy atom. The number of imidazole rings is 1. The number of nitrogens with two attached hydrogens (primary N) is 1. The van der Waals surface area contributed by atoms with Crippen molar-refractivity contribution >= 4 is 23.2 Å². The van der Waals surface area contributed by atoms with Crippen molar-refractivity contribution in [3.63, 3.8) is 0 Å². The first kappa shape index (κ1) is 16.8. The van der Waals surface area contributed by atoms with Gasteiger partial charge in [-0.15, -0.1) is 0 Å². The van der Waals surface area contributed by atoms with E-state index >= 15 is 0 Å². The van der Waals surface area contributed by atoms with Crippen LogP contribution in [0.1, 0.15) is 20.7 Å². The van der Waals surface area contributed by atoms with Crippen molar-refractivity contribution in [3.05, 3.63) is 82.4 Å². The monoisotopic (exact) mass is 351 g/mol. The highest BCUT2D eigenvalue weighted by molar-refractivity contribution is 6.05. The molecule has 130 valence electrons. The lowest BCUT2D eigenvalue weighted by atomic mass is 10.1. The minimum Gasteiger partial charge on any atom is -0.366 e. The number of nitro groups is 1. The fourth-order valence-electron chi connectivity index (χ4n) is 2.35. The second-order valence-electron chi connectivity index (χ2n) is 5.33. The number of carbonyl (C=O) groups is 2. The second kappa shape index (κ2) is 6.85. The number of nitrogens with zero attached hydrogens (tertiary/aromatic N) is 3. The molecule has 2 amide bonds. The summed E-state index contributed by atoms with van der Waals surface area (Å²) in [6.45, 7) is 0. The van der Waals surface area contributed by atoms with Gasteiger partial charge in [0.2, 0.25) is 5.91 Å². The number of aromatic nitrogens is 2. The third kappa shape index (κ3) is 3.41. The first-order chi connectivity index (χ1) is 12.5. The minimum atomic E-state index is -0.575. The molecule has 0 unspecified atom stereocenters. The van der Waals surface area contributed by atoms with Crippen LogP contribution < -0.4 is 11.1 Å². The second-order valence-corrected chi connectivity index (χ2v) is 5.33. The zero-order chi connectivity index (χ0) is 18.7. The summed E-state index contributed by atoms with van der Waals surface area (Å²) in [5, 5.41) is 14.0. The van der Waals surface area contributed by atoms with Gasteiger partial charge in [0.1, 0.15) is 5.69 Å². The van der Waals surface area contributed by atoms with E-state index in [1.807, 2.05) is 0 Å². The van der Waals surface area contributed by atoms with Crippen molar-refractivity contribution in [2.45, 2.75) is 0 Å². The van der Waals surface area contributed by atoms with Crippen LogP contribution in [-0.2, 0) is 0 Å².